The minimum Gasteiger partial charge on any atom is -0.383 e. The van der Waals surface area contributed by atoms with Gasteiger partial charge >= 0.3 is 0 Å². The van der Waals surface area contributed by atoms with Crippen LogP contribution in [-0.2, 0) is 16.1 Å². The molecule has 6 nitrogen and oxygen atoms in total. The maximum atomic E-state index is 13.0. The lowest BCUT2D eigenvalue weighted by atomic mass is 9.85. The fourth-order valence-corrected chi connectivity index (χ4v) is 4.73. The molecule has 1 atom stereocenters. The number of hydrogen-bond donors (Lipinski definition) is 0. The van der Waals surface area contributed by atoms with E-state index >= 15 is 0 Å². The zero-order valence-corrected chi connectivity index (χ0v) is 17.1. The van der Waals surface area contributed by atoms with Crippen LogP contribution in [0.1, 0.15) is 29.8 Å². The Morgan fingerprint density at radius 3 is 2.64 bits per heavy atom. The van der Waals surface area contributed by atoms with Gasteiger partial charge in [0.05, 0.1) is 23.4 Å². The predicted octanol–water partition coefficient (Wildman–Crippen LogP) is 2.56. The molecule has 1 amide bonds. The maximum absolute atomic E-state index is 13.0. The molecule has 0 N–H and O–H groups in total. The number of likely N-dealkylation sites (tertiary alicyclic amines) is 2. The monoisotopic (exact) mass is 382 g/mol. The molecule has 2 saturated heterocycles. The van der Waals surface area contributed by atoms with Gasteiger partial charge in [0.15, 0.2) is 0 Å². The number of methoxy groups -OCH3 is 1. The molecular formula is C22H30N4O2. The zero-order chi connectivity index (χ0) is 19.7. The largest absolute Gasteiger partial charge is 0.383 e. The Labute approximate surface area is 167 Å². The Bertz CT molecular complexity index is 848. The normalized spacial score (nSPS) is 22.7. The first-order valence-corrected chi connectivity index (χ1v) is 10.2. The van der Waals surface area contributed by atoms with Crippen LogP contribution < -0.4 is 0 Å². The fraction of sp³-hybridized carbons (Fsp3) is 0.545. The van der Waals surface area contributed by atoms with E-state index in [4.69, 9.17) is 9.84 Å². The van der Waals surface area contributed by atoms with E-state index in [2.05, 4.69) is 30.9 Å². The Kier molecular flexibility index (Phi) is 5.25. The fourth-order valence-electron chi connectivity index (χ4n) is 4.73. The first kappa shape index (κ1) is 19.2. The summed E-state index contributed by atoms with van der Waals surface area (Å²) in [6, 6.07) is 10.3. The van der Waals surface area contributed by atoms with Crippen molar-refractivity contribution in [1.82, 2.24) is 19.6 Å². The van der Waals surface area contributed by atoms with Gasteiger partial charge in [-0.15, -0.1) is 0 Å². The number of aromatic nitrogens is 2. The van der Waals surface area contributed by atoms with E-state index < -0.39 is 0 Å². The summed E-state index contributed by atoms with van der Waals surface area (Å²) in [6.45, 7) is 9.09. The Balaban J connectivity index is 1.47. The average molecular weight is 383 g/mol. The van der Waals surface area contributed by atoms with Crippen LogP contribution in [0.3, 0.4) is 0 Å². The van der Waals surface area contributed by atoms with Crippen LogP contribution in [0.4, 0.5) is 0 Å². The molecule has 1 aromatic heterocycles. The number of rotatable bonds is 6. The molecule has 2 fully saturated rings. The summed E-state index contributed by atoms with van der Waals surface area (Å²) in [5.41, 5.74) is 4.44. The molecule has 0 aliphatic carbocycles. The molecule has 2 aliphatic heterocycles. The molecule has 0 bridgehead atoms. The summed E-state index contributed by atoms with van der Waals surface area (Å²) < 4.78 is 7.19. The van der Waals surface area contributed by atoms with Crippen molar-refractivity contribution >= 4 is 5.91 Å². The molecule has 1 spiro atoms. The number of amides is 1. The smallest absolute Gasteiger partial charge is 0.230 e. The van der Waals surface area contributed by atoms with Gasteiger partial charge in [0, 0.05) is 44.5 Å². The van der Waals surface area contributed by atoms with Gasteiger partial charge in [0.2, 0.25) is 5.91 Å². The quantitative estimate of drug-likeness (QED) is 0.771. The third-order valence-corrected chi connectivity index (χ3v) is 6.42. The molecule has 0 radical (unpaired) electrons. The van der Waals surface area contributed by atoms with Crippen LogP contribution in [0.2, 0.25) is 0 Å². The summed E-state index contributed by atoms with van der Waals surface area (Å²) in [7, 11) is 1.69. The molecule has 4 rings (SSSR count). The number of ether oxygens (including phenoxy) is 1. The number of carbonyl (C=O) groups is 1. The van der Waals surface area contributed by atoms with E-state index in [0.717, 1.165) is 50.4 Å². The van der Waals surface area contributed by atoms with Gasteiger partial charge in [-0.05, 0) is 45.4 Å². The zero-order valence-electron chi connectivity index (χ0n) is 17.1. The third kappa shape index (κ3) is 3.35. The Morgan fingerprint density at radius 2 is 1.89 bits per heavy atom. The number of para-hydroxylation sites is 1. The van der Waals surface area contributed by atoms with E-state index in [9.17, 15) is 4.79 Å². The molecule has 1 aromatic carbocycles. The van der Waals surface area contributed by atoms with Gasteiger partial charge in [0.1, 0.15) is 0 Å². The van der Waals surface area contributed by atoms with Crippen molar-refractivity contribution in [1.29, 1.82) is 0 Å². The lowest BCUT2D eigenvalue weighted by Gasteiger charge is -2.23. The summed E-state index contributed by atoms with van der Waals surface area (Å²) >= 11 is 0. The van der Waals surface area contributed by atoms with Crippen LogP contribution in [-0.4, -0.2) is 65.4 Å². The van der Waals surface area contributed by atoms with E-state index in [1.165, 1.54) is 11.3 Å². The second kappa shape index (κ2) is 7.68. The highest BCUT2D eigenvalue weighted by Crippen LogP contribution is 2.41. The molecule has 28 heavy (non-hydrogen) atoms. The topological polar surface area (TPSA) is 50.6 Å². The van der Waals surface area contributed by atoms with Crippen molar-refractivity contribution in [2.24, 2.45) is 5.41 Å². The summed E-state index contributed by atoms with van der Waals surface area (Å²) in [4.78, 5) is 17.4. The van der Waals surface area contributed by atoms with Gasteiger partial charge in [-0.2, -0.15) is 5.10 Å². The summed E-state index contributed by atoms with van der Waals surface area (Å²) in [5.74, 6) is 0.320. The van der Waals surface area contributed by atoms with Crippen LogP contribution >= 0.6 is 0 Å². The van der Waals surface area contributed by atoms with Gasteiger partial charge in [-0.25, -0.2) is 4.68 Å². The summed E-state index contributed by atoms with van der Waals surface area (Å²) in [6.07, 6.45) is 1.92. The SMILES string of the molecule is COCCN1CCC2(CCN(Cc3c(C)nn(-c4ccccc4)c3C)C2)C1=O. The van der Waals surface area contributed by atoms with Crippen molar-refractivity contribution in [2.75, 3.05) is 39.9 Å². The number of hydrogen-bond acceptors (Lipinski definition) is 4. The standard InChI is InChI=1S/C22H30N4O2/c1-17-20(18(2)26(23-17)19-7-5-4-6-8-19)15-24-11-9-22(16-24)10-12-25(21(22)27)13-14-28-3/h4-8H,9-16H2,1-3H3. The first-order chi connectivity index (χ1) is 13.5. The van der Waals surface area contributed by atoms with Crippen molar-refractivity contribution in [2.45, 2.75) is 33.2 Å². The van der Waals surface area contributed by atoms with Gasteiger partial charge in [0.25, 0.3) is 0 Å². The van der Waals surface area contributed by atoms with E-state index in [1.807, 2.05) is 27.8 Å². The lowest BCUT2D eigenvalue weighted by molar-refractivity contribution is -0.136. The molecule has 2 aromatic rings. The van der Waals surface area contributed by atoms with Crippen LogP contribution in [0.25, 0.3) is 5.69 Å². The second-order valence-electron chi connectivity index (χ2n) is 8.17. The number of benzene rings is 1. The van der Waals surface area contributed by atoms with E-state index in [0.29, 0.717) is 19.1 Å². The highest BCUT2D eigenvalue weighted by Gasteiger charge is 2.50. The van der Waals surface area contributed by atoms with E-state index in [-0.39, 0.29) is 5.41 Å². The second-order valence-corrected chi connectivity index (χ2v) is 8.17. The van der Waals surface area contributed by atoms with Crippen molar-refractivity contribution < 1.29 is 9.53 Å². The number of aryl methyl sites for hydroxylation is 1. The molecule has 2 aliphatic rings. The highest BCUT2D eigenvalue weighted by atomic mass is 16.5. The lowest BCUT2D eigenvalue weighted by Crippen LogP contribution is -2.38. The van der Waals surface area contributed by atoms with Crippen LogP contribution in [0.15, 0.2) is 30.3 Å². The minimum absolute atomic E-state index is 0.190. The summed E-state index contributed by atoms with van der Waals surface area (Å²) in [5, 5.41) is 4.77. The molecule has 6 heteroatoms. The van der Waals surface area contributed by atoms with Crippen molar-refractivity contribution in [3.8, 4) is 5.69 Å². The predicted molar refractivity (Wildman–Crippen MR) is 108 cm³/mol. The highest BCUT2D eigenvalue weighted by molar-refractivity contribution is 5.85. The maximum Gasteiger partial charge on any atom is 0.230 e. The Hall–Kier alpha value is -2.18. The van der Waals surface area contributed by atoms with E-state index in [1.54, 1.807) is 7.11 Å². The Morgan fingerprint density at radius 1 is 1.14 bits per heavy atom. The van der Waals surface area contributed by atoms with Gasteiger partial charge < -0.3 is 9.64 Å². The first-order valence-electron chi connectivity index (χ1n) is 10.2. The third-order valence-electron chi connectivity index (χ3n) is 6.42. The number of carbonyl (C=O) groups excluding carboxylic acids is 1. The van der Waals surface area contributed by atoms with Gasteiger partial charge in [-0.3, -0.25) is 9.69 Å². The average Bonchev–Trinajstić information content (AvgIpc) is 3.35. The number of nitrogens with zero attached hydrogens (tertiary/aromatic N) is 4. The molecule has 3 heterocycles. The minimum atomic E-state index is -0.190. The molecular weight excluding hydrogens is 352 g/mol. The van der Waals surface area contributed by atoms with Crippen LogP contribution in [0.5, 0.6) is 0 Å². The molecule has 150 valence electrons. The van der Waals surface area contributed by atoms with Crippen molar-refractivity contribution in [3.05, 3.63) is 47.3 Å². The molecule has 0 saturated carbocycles. The molecule has 1 unspecified atom stereocenters. The van der Waals surface area contributed by atoms with Gasteiger partial charge in [-0.1, -0.05) is 18.2 Å². The van der Waals surface area contributed by atoms with Crippen molar-refractivity contribution in [3.63, 3.8) is 0 Å². The van der Waals surface area contributed by atoms with Crippen LogP contribution in [0, 0.1) is 19.3 Å².